The number of anilines is 1. The Labute approximate surface area is 108 Å². The molecule has 6 heteroatoms. The number of hydrogen-bond donors (Lipinski definition) is 2. The predicted molar refractivity (Wildman–Crippen MR) is 69.1 cm³/mol. The molecule has 0 saturated heterocycles. The van der Waals surface area contributed by atoms with Crippen LogP contribution < -0.4 is 10.9 Å². The summed E-state index contributed by atoms with van der Waals surface area (Å²) < 4.78 is 1.73. The van der Waals surface area contributed by atoms with Crippen LogP contribution in [0.4, 0.5) is 5.69 Å². The first kappa shape index (κ1) is 12.6. The lowest BCUT2D eigenvalue weighted by molar-refractivity contribution is 0.266. The van der Waals surface area contributed by atoms with Crippen molar-refractivity contribution in [2.45, 2.75) is 32.4 Å². The minimum absolute atomic E-state index is 0.0927. The Kier molecular flexibility index (Phi) is 3.83. The van der Waals surface area contributed by atoms with Crippen molar-refractivity contribution >= 4 is 21.6 Å². The van der Waals surface area contributed by atoms with E-state index in [0.29, 0.717) is 16.4 Å². The summed E-state index contributed by atoms with van der Waals surface area (Å²) >= 11 is 3.28. The van der Waals surface area contributed by atoms with Crippen molar-refractivity contribution < 1.29 is 5.11 Å². The fraction of sp³-hybridized carbons (Fsp3) is 0.636. The normalized spacial score (nSPS) is 16.9. The van der Waals surface area contributed by atoms with Crippen molar-refractivity contribution in [1.29, 1.82) is 0 Å². The first-order chi connectivity index (χ1) is 8.13. The van der Waals surface area contributed by atoms with Crippen molar-refractivity contribution in [3.05, 3.63) is 21.0 Å². The van der Waals surface area contributed by atoms with Crippen LogP contribution in [0.3, 0.4) is 0 Å². The van der Waals surface area contributed by atoms with Gasteiger partial charge in [0.1, 0.15) is 4.47 Å². The van der Waals surface area contributed by atoms with E-state index in [-0.39, 0.29) is 18.7 Å². The summed E-state index contributed by atoms with van der Waals surface area (Å²) in [5.74, 6) is 0.710. The zero-order chi connectivity index (χ0) is 12.4. The number of nitrogens with one attached hydrogen (secondary N) is 1. The van der Waals surface area contributed by atoms with Gasteiger partial charge in [-0.1, -0.05) is 0 Å². The smallest absolute Gasteiger partial charge is 0.283 e. The minimum atomic E-state index is -0.216. The van der Waals surface area contributed by atoms with Crippen molar-refractivity contribution in [3.8, 4) is 0 Å². The Hall–Kier alpha value is -0.880. The lowest BCUT2D eigenvalue weighted by Gasteiger charge is -2.15. The highest BCUT2D eigenvalue weighted by Crippen LogP contribution is 2.34. The molecule has 2 N–H and O–H groups in total. The molecule has 0 radical (unpaired) electrons. The van der Waals surface area contributed by atoms with Crippen LogP contribution in [0.2, 0.25) is 0 Å². The third kappa shape index (κ3) is 2.87. The van der Waals surface area contributed by atoms with E-state index in [1.807, 2.05) is 0 Å². The number of halogens is 1. The summed E-state index contributed by atoms with van der Waals surface area (Å²) in [6.07, 6.45) is 4.13. The summed E-state index contributed by atoms with van der Waals surface area (Å²) in [5.41, 5.74) is 0.510. The van der Waals surface area contributed by atoms with Gasteiger partial charge in [-0.3, -0.25) is 4.79 Å². The molecule has 0 bridgehead atoms. The largest absolute Gasteiger partial charge is 0.394 e. The average Bonchev–Trinajstić information content (AvgIpc) is 3.12. The van der Waals surface area contributed by atoms with Gasteiger partial charge in [0.25, 0.3) is 5.56 Å². The Balaban J connectivity index is 2.17. The Morgan fingerprint density at radius 1 is 1.71 bits per heavy atom. The molecule has 1 aliphatic rings. The molecular weight excluding hydrogens is 286 g/mol. The van der Waals surface area contributed by atoms with E-state index >= 15 is 0 Å². The molecule has 0 spiro atoms. The molecule has 1 aromatic rings. The van der Waals surface area contributed by atoms with Gasteiger partial charge in [0.2, 0.25) is 0 Å². The summed E-state index contributed by atoms with van der Waals surface area (Å²) in [6, 6.07) is 0.362. The quantitative estimate of drug-likeness (QED) is 0.858. The molecule has 1 heterocycles. The second-order valence-electron chi connectivity index (χ2n) is 4.39. The molecule has 1 aromatic heterocycles. The maximum absolute atomic E-state index is 11.8. The third-order valence-corrected chi connectivity index (χ3v) is 3.78. The third-order valence-electron chi connectivity index (χ3n) is 3.01. The van der Waals surface area contributed by atoms with Gasteiger partial charge < -0.3 is 10.4 Å². The maximum Gasteiger partial charge on any atom is 0.283 e. The molecule has 17 heavy (non-hydrogen) atoms. The molecule has 1 atom stereocenters. The van der Waals surface area contributed by atoms with E-state index in [4.69, 9.17) is 5.11 Å². The maximum atomic E-state index is 11.8. The second kappa shape index (κ2) is 5.18. The molecule has 1 unspecified atom stereocenters. The van der Waals surface area contributed by atoms with E-state index in [9.17, 15) is 4.79 Å². The standard InChI is InChI=1S/C11H16BrN3O2/c1-7(8-2-3-8)14-9-6-13-15(4-5-16)11(17)10(9)12/h6-8,14,16H,2-5H2,1H3. The van der Waals surface area contributed by atoms with Gasteiger partial charge >= 0.3 is 0 Å². The Morgan fingerprint density at radius 3 is 3.00 bits per heavy atom. The van der Waals surface area contributed by atoms with Crippen molar-refractivity contribution in [2.75, 3.05) is 11.9 Å². The fourth-order valence-electron chi connectivity index (χ4n) is 1.78. The van der Waals surface area contributed by atoms with Crippen LogP contribution in [0.25, 0.3) is 0 Å². The monoisotopic (exact) mass is 301 g/mol. The zero-order valence-electron chi connectivity index (χ0n) is 9.69. The van der Waals surface area contributed by atoms with Crippen molar-refractivity contribution in [1.82, 2.24) is 9.78 Å². The highest BCUT2D eigenvalue weighted by molar-refractivity contribution is 9.10. The molecular formula is C11H16BrN3O2. The highest BCUT2D eigenvalue weighted by Gasteiger charge is 2.28. The fourth-order valence-corrected chi connectivity index (χ4v) is 2.20. The summed E-state index contributed by atoms with van der Waals surface area (Å²) in [4.78, 5) is 11.8. The van der Waals surface area contributed by atoms with Crippen molar-refractivity contribution in [2.24, 2.45) is 5.92 Å². The van der Waals surface area contributed by atoms with Crippen LogP contribution in [0, 0.1) is 5.92 Å². The van der Waals surface area contributed by atoms with Crippen LogP contribution in [-0.4, -0.2) is 27.5 Å². The molecule has 1 aliphatic carbocycles. The van der Waals surface area contributed by atoms with E-state index < -0.39 is 0 Å². The number of nitrogens with zero attached hydrogens (tertiary/aromatic N) is 2. The summed E-state index contributed by atoms with van der Waals surface area (Å²) in [6.45, 7) is 2.24. The number of aliphatic hydroxyl groups is 1. The molecule has 94 valence electrons. The number of aromatic nitrogens is 2. The lowest BCUT2D eigenvalue weighted by Crippen LogP contribution is -2.27. The van der Waals surface area contributed by atoms with Crippen LogP contribution in [-0.2, 0) is 6.54 Å². The topological polar surface area (TPSA) is 67.2 Å². The van der Waals surface area contributed by atoms with E-state index in [1.165, 1.54) is 17.5 Å². The van der Waals surface area contributed by atoms with Gasteiger partial charge in [0.15, 0.2) is 0 Å². The first-order valence-electron chi connectivity index (χ1n) is 5.76. The second-order valence-corrected chi connectivity index (χ2v) is 5.19. The SMILES string of the molecule is CC(Nc1cnn(CCO)c(=O)c1Br)C1CC1. The first-order valence-corrected chi connectivity index (χ1v) is 6.55. The van der Waals surface area contributed by atoms with E-state index in [2.05, 4.69) is 33.3 Å². The van der Waals surface area contributed by atoms with Crippen LogP contribution in [0.5, 0.6) is 0 Å². The van der Waals surface area contributed by atoms with Gasteiger partial charge in [0.05, 0.1) is 25.0 Å². The molecule has 5 nitrogen and oxygen atoms in total. The van der Waals surface area contributed by atoms with Crippen LogP contribution in [0.15, 0.2) is 15.5 Å². The predicted octanol–water partition coefficient (Wildman–Crippen LogP) is 1.21. The molecule has 1 saturated carbocycles. The average molecular weight is 302 g/mol. The number of rotatable bonds is 5. The molecule has 1 fully saturated rings. The molecule has 0 aromatic carbocycles. The van der Waals surface area contributed by atoms with Crippen LogP contribution in [0.1, 0.15) is 19.8 Å². The summed E-state index contributed by atoms with van der Waals surface area (Å²) in [5, 5.41) is 16.1. The van der Waals surface area contributed by atoms with Gasteiger partial charge in [-0.05, 0) is 41.6 Å². The van der Waals surface area contributed by atoms with Gasteiger partial charge in [-0.2, -0.15) is 5.10 Å². The molecule has 0 amide bonds. The number of aliphatic hydroxyl groups excluding tert-OH is 1. The highest BCUT2D eigenvalue weighted by atomic mass is 79.9. The molecule has 0 aliphatic heterocycles. The molecule has 2 rings (SSSR count). The Morgan fingerprint density at radius 2 is 2.41 bits per heavy atom. The van der Waals surface area contributed by atoms with E-state index in [1.54, 1.807) is 6.20 Å². The number of hydrogen-bond acceptors (Lipinski definition) is 4. The Bertz CT molecular complexity index is 457. The minimum Gasteiger partial charge on any atom is -0.394 e. The summed E-state index contributed by atoms with van der Waals surface area (Å²) in [7, 11) is 0. The van der Waals surface area contributed by atoms with E-state index in [0.717, 1.165) is 5.69 Å². The van der Waals surface area contributed by atoms with Gasteiger partial charge in [-0.15, -0.1) is 0 Å². The van der Waals surface area contributed by atoms with Crippen molar-refractivity contribution in [3.63, 3.8) is 0 Å². The van der Waals surface area contributed by atoms with Gasteiger partial charge in [-0.25, -0.2) is 4.68 Å². The lowest BCUT2D eigenvalue weighted by atomic mass is 10.2. The zero-order valence-corrected chi connectivity index (χ0v) is 11.3. The van der Waals surface area contributed by atoms with Crippen LogP contribution >= 0.6 is 15.9 Å². The van der Waals surface area contributed by atoms with Gasteiger partial charge in [0, 0.05) is 6.04 Å².